The Labute approximate surface area is 122 Å². The minimum Gasteiger partial charge on any atom is -0.320 e. The smallest absolute Gasteiger partial charge is 0.129 e. The zero-order valence-electron chi connectivity index (χ0n) is 10.7. The van der Waals surface area contributed by atoms with Gasteiger partial charge in [-0.3, -0.25) is 0 Å². The Hall–Kier alpha value is -1.09. The van der Waals surface area contributed by atoms with Crippen molar-refractivity contribution in [1.82, 2.24) is 0 Å². The summed E-state index contributed by atoms with van der Waals surface area (Å²) in [7, 11) is 0. The number of aryl methyl sites for hydroxylation is 2. The molecule has 0 aliphatic heterocycles. The number of benzene rings is 2. The van der Waals surface area contributed by atoms with E-state index in [-0.39, 0.29) is 0 Å². The first-order chi connectivity index (χ1) is 8.91. The lowest BCUT2D eigenvalue weighted by molar-refractivity contribution is 0.599. The van der Waals surface area contributed by atoms with Crippen molar-refractivity contribution in [2.75, 3.05) is 0 Å². The molecule has 100 valence electrons. The number of rotatable bonds is 2. The molecule has 0 bridgehead atoms. The Balaban J connectivity index is 2.56. The molecule has 1 unspecified atom stereocenters. The predicted octanol–water partition coefficient (Wildman–Crippen LogP) is 4.80. The Kier molecular flexibility index (Phi) is 4.14. The Morgan fingerprint density at radius 1 is 1.05 bits per heavy atom. The van der Waals surface area contributed by atoms with Gasteiger partial charge < -0.3 is 5.73 Å². The highest BCUT2D eigenvalue weighted by Crippen LogP contribution is 2.32. The van der Waals surface area contributed by atoms with E-state index in [1.807, 2.05) is 26.0 Å². The van der Waals surface area contributed by atoms with Gasteiger partial charge in [-0.25, -0.2) is 4.39 Å². The van der Waals surface area contributed by atoms with Crippen LogP contribution in [0.1, 0.15) is 28.3 Å². The van der Waals surface area contributed by atoms with Crippen LogP contribution < -0.4 is 5.73 Å². The SMILES string of the molecule is Cc1cc(C(N)c2c(F)cccc2Cl)c(C)cc1Cl. The largest absolute Gasteiger partial charge is 0.320 e. The second-order valence-corrected chi connectivity index (χ2v) is 5.39. The van der Waals surface area contributed by atoms with E-state index < -0.39 is 11.9 Å². The van der Waals surface area contributed by atoms with E-state index in [1.165, 1.54) is 6.07 Å². The molecule has 0 amide bonds. The molecule has 0 saturated carbocycles. The van der Waals surface area contributed by atoms with Crippen LogP contribution in [0.4, 0.5) is 4.39 Å². The molecular formula is C15H14Cl2FN. The van der Waals surface area contributed by atoms with Crippen LogP contribution in [0.25, 0.3) is 0 Å². The van der Waals surface area contributed by atoms with Gasteiger partial charge in [0.05, 0.1) is 6.04 Å². The molecule has 0 aliphatic carbocycles. The van der Waals surface area contributed by atoms with Gasteiger partial charge in [-0.05, 0) is 48.7 Å². The van der Waals surface area contributed by atoms with E-state index in [0.29, 0.717) is 15.6 Å². The first-order valence-electron chi connectivity index (χ1n) is 5.88. The molecule has 2 aromatic rings. The number of hydrogen-bond acceptors (Lipinski definition) is 1. The van der Waals surface area contributed by atoms with Crippen LogP contribution in [0.15, 0.2) is 30.3 Å². The Morgan fingerprint density at radius 2 is 1.74 bits per heavy atom. The zero-order valence-corrected chi connectivity index (χ0v) is 12.2. The van der Waals surface area contributed by atoms with Gasteiger partial charge in [0.1, 0.15) is 5.82 Å². The third kappa shape index (κ3) is 2.76. The van der Waals surface area contributed by atoms with Gasteiger partial charge >= 0.3 is 0 Å². The molecule has 0 aliphatic rings. The van der Waals surface area contributed by atoms with Crippen molar-refractivity contribution in [3.63, 3.8) is 0 Å². The van der Waals surface area contributed by atoms with E-state index >= 15 is 0 Å². The third-order valence-electron chi connectivity index (χ3n) is 3.19. The van der Waals surface area contributed by atoms with E-state index in [9.17, 15) is 4.39 Å². The van der Waals surface area contributed by atoms with Crippen LogP contribution >= 0.6 is 23.2 Å². The van der Waals surface area contributed by atoms with Crippen molar-refractivity contribution < 1.29 is 4.39 Å². The van der Waals surface area contributed by atoms with Crippen LogP contribution in [0.2, 0.25) is 10.0 Å². The standard InChI is InChI=1S/C15H14Cl2FN/c1-8-7-12(17)9(2)6-10(8)15(19)14-11(16)4-3-5-13(14)18/h3-7,15H,19H2,1-2H3. The van der Waals surface area contributed by atoms with Gasteiger partial charge in [-0.1, -0.05) is 35.3 Å². The molecule has 0 aromatic heterocycles. The van der Waals surface area contributed by atoms with Gasteiger partial charge in [-0.2, -0.15) is 0 Å². The minimum absolute atomic E-state index is 0.314. The number of hydrogen-bond donors (Lipinski definition) is 1. The summed E-state index contributed by atoms with van der Waals surface area (Å²) in [5.74, 6) is -0.396. The first kappa shape index (κ1) is 14.3. The van der Waals surface area contributed by atoms with Crippen molar-refractivity contribution in [3.8, 4) is 0 Å². The quantitative estimate of drug-likeness (QED) is 0.847. The number of halogens is 3. The molecule has 1 nitrogen and oxygen atoms in total. The Morgan fingerprint density at radius 3 is 2.37 bits per heavy atom. The molecule has 0 spiro atoms. The molecular weight excluding hydrogens is 284 g/mol. The topological polar surface area (TPSA) is 26.0 Å². The van der Waals surface area contributed by atoms with Crippen LogP contribution in [0.3, 0.4) is 0 Å². The lowest BCUT2D eigenvalue weighted by Gasteiger charge is -2.18. The summed E-state index contributed by atoms with van der Waals surface area (Å²) >= 11 is 12.1. The van der Waals surface area contributed by atoms with Crippen molar-refractivity contribution in [3.05, 3.63) is 68.4 Å². The van der Waals surface area contributed by atoms with Gasteiger partial charge in [0.25, 0.3) is 0 Å². The fraction of sp³-hybridized carbons (Fsp3) is 0.200. The maximum Gasteiger partial charge on any atom is 0.129 e. The highest BCUT2D eigenvalue weighted by atomic mass is 35.5. The fourth-order valence-electron chi connectivity index (χ4n) is 2.10. The molecule has 19 heavy (non-hydrogen) atoms. The summed E-state index contributed by atoms with van der Waals surface area (Å²) in [6.07, 6.45) is 0. The van der Waals surface area contributed by atoms with Crippen molar-refractivity contribution >= 4 is 23.2 Å². The normalized spacial score (nSPS) is 12.5. The second kappa shape index (κ2) is 5.49. The average molecular weight is 298 g/mol. The van der Waals surface area contributed by atoms with E-state index in [2.05, 4.69) is 0 Å². The summed E-state index contributed by atoms with van der Waals surface area (Å²) in [5.41, 5.74) is 9.14. The second-order valence-electron chi connectivity index (χ2n) is 4.57. The molecule has 0 fully saturated rings. The molecule has 1 atom stereocenters. The fourth-order valence-corrected chi connectivity index (χ4v) is 2.60. The van der Waals surface area contributed by atoms with Gasteiger partial charge in [-0.15, -0.1) is 0 Å². The van der Waals surface area contributed by atoms with Crippen LogP contribution in [0.5, 0.6) is 0 Å². The predicted molar refractivity (Wildman–Crippen MR) is 78.4 cm³/mol. The van der Waals surface area contributed by atoms with Crippen LogP contribution in [-0.2, 0) is 0 Å². The molecule has 2 N–H and O–H groups in total. The molecule has 2 rings (SSSR count). The molecule has 2 aromatic carbocycles. The van der Waals surface area contributed by atoms with Gasteiger partial charge in [0.15, 0.2) is 0 Å². The number of nitrogens with two attached hydrogens (primary N) is 1. The van der Waals surface area contributed by atoms with Crippen molar-refractivity contribution in [2.24, 2.45) is 5.73 Å². The maximum atomic E-state index is 13.9. The summed E-state index contributed by atoms with van der Waals surface area (Å²) in [6, 6.07) is 7.67. The highest BCUT2D eigenvalue weighted by Gasteiger charge is 2.19. The van der Waals surface area contributed by atoms with Gasteiger partial charge in [0.2, 0.25) is 0 Å². The van der Waals surface area contributed by atoms with Crippen molar-refractivity contribution in [2.45, 2.75) is 19.9 Å². The molecule has 0 heterocycles. The lowest BCUT2D eigenvalue weighted by atomic mass is 9.94. The monoisotopic (exact) mass is 297 g/mol. The van der Waals surface area contributed by atoms with Gasteiger partial charge in [0, 0.05) is 15.6 Å². The average Bonchev–Trinajstić information content (AvgIpc) is 2.33. The van der Waals surface area contributed by atoms with Crippen LogP contribution in [-0.4, -0.2) is 0 Å². The van der Waals surface area contributed by atoms with E-state index in [0.717, 1.165) is 16.7 Å². The zero-order chi connectivity index (χ0) is 14.2. The molecule has 4 heteroatoms. The third-order valence-corrected chi connectivity index (χ3v) is 3.93. The Bertz CT molecular complexity index is 606. The summed E-state index contributed by atoms with van der Waals surface area (Å²) in [6.45, 7) is 3.79. The van der Waals surface area contributed by atoms with E-state index in [1.54, 1.807) is 12.1 Å². The molecule has 0 radical (unpaired) electrons. The maximum absolute atomic E-state index is 13.9. The lowest BCUT2D eigenvalue weighted by Crippen LogP contribution is -2.16. The summed E-state index contributed by atoms with van der Waals surface area (Å²) in [4.78, 5) is 0. The summed E-state index contributed by atoms with van der Waals surface area (Å²) in [5, 5.41) is 1.01. The summed E-state index contributed by atoms with van der Waals surface area (Å²) < 4.78 is 13.9. The highest BCUT2D eigenvalue weighted by molar-refractivity contribution is 6.31. The van der Waals surface area contributed by atoms with E-state index in [4.69, 9.17) is 28.9 Å². The molecule has 0 saturated heterocycles. The van der Waals surface area contributed by atoms with Crippen LogP contribution in [0, 0.1) is 19.7 Å². The minimum atomic E-state index is -0.607. The first-order valence-corrected chi connectivity index (χ1v) is 6.63. The van der Waals surface area contributed by atoms with Crippen molar-refractivity contribution in [1.29, 1.82) is 0 Å².